The molecule has 2 N–H and O–H groups in total. The molecular weight excluding hydrogens is 186 g/mol. The summed E-state index contributed by atoms with van der Waals surface area (Å²) < 4.78 is 1.98. The van der Waals surface area contributed by atoms with E-state index in [4.69, 9.17) is 5.73 Å². The van der Waals surface area contributed by atoms with E-state index < -0.39 is 0 Å². The Morgan fingerprint density at radius 2 is 2.07 bits per heavy atom. The number of benzene rings is 1. The van der Waals surface area contributed by atoms with Crippen molar-refractivity contribution >= 4 is 0 Å². The molecule has 2 rings (SSSR count). The first-order valence-corrected chi connectivity index (χ1v) is 5.17. The topological polar surface area (TPSA) is 43.8 Å². The van der Waals surface area contributed by atoms with Crippen molar-refractivity contribution in [1.82, 2.24) is 9.78 Å². The summed E-state index contributed by atoms with van der Waals surface area (Å²) in [5.41, 5.74) is 9.20. The Hall–Kier alpha value is -1.61. The maximum absolute atomic E-state index is 5.72. The lowest BCUT2D eigenvalue weighted by molar-refractivity contribution is 0.666. The summed E-state index contributed by atoms with van der Waals surface area (Å²) in [5.74, 6) is 0. The molecule has 0 radical (unpaired) electrons. The molecule has 78 valence electrons. The Bertz CT molecular complexity index is 446. The summed E-state index contributed by atoms with van der Waals surface area (Å²) in [5, 5.41) is 4.26. The van der Waals surface area contributed by atoms with Crippen LogP contribution in [0.25, 0.3) is 11.3 Å². The minimum absolute atomic E-state index is 0.561. The third-order valence-electron chi connectivity index (χ3n) is 2.53. The molecule has 1 heterocycles. The molecule has 3 heteroatoms. The Morgan fingerprint density at radius 1 is 1.27 bits per heavy atom. The van der Waals surface area contributed by atoms with E-state index in [1.807, 2.05) is 29.1 Å². The largest absolute Gasteiger partial charge is 0.326 e. The van der Waals surface area contributed by atoms with Gasteiger partial charge in [0.25, 0.3) is 0 Å². The summed E-state index contributed by atoms with van der Waals surface area (Å²) in [6.07, 6.45) is 1.83. The molecule has 0 aliphatic carbocycles. The lowest BCUT2D eigenvalue weighted by Crippen LogP contribution is -2.03. The molecule has 0 unspecified atom stereocenters. The average Bonchev–Trinajstić information content (AvgIpc) is 2.76. The Kier molecular flexibility index (Phi) is 2.83. The van der Waals surface area contributed by atoms with Crippen LogP contribution in [0, 0.1) is 0 Å². The van der Waals surface area contributed by atoms with E-state index in [0.717, 1.165) is 17.8 Å². The van der Waals surface area contributed by atoms with E-state index in [9.17, 15) is 0 Å². The van der Waals surface area contributed by atoms with Crippen molar-refractivity contribution in [3.05, 3.63) is 42.1 Å². The average molecular weight is 201 g/mol. The van der Waals surface area contributed by atoms with Gasteiger partial charge in [-0.3, -0.25) is 4.68 Å². The first-order chi connectivity index (χ1) is 7.36. The van der Waals surface area contributed by atoms with Gasteiger partial charge in [0.1, 0.15) is 0 Å². The van der Waals surface area contributed by atoms with E-state index in [1.54, 1.807) is 0 Å². The predicted octanol–water partition coefficient (Wildman–Crippen LogP) is 2.03. The second-order valence-electron chi connectivity index (χ2n) is 3.39. The molecule has 2 aromatic rings. The van der Waals surface area contributed by atoms with Crippen molar-refractivity contribution in [3.8, 4) is 11.3 Å². The number of aryl methyl sites for hydroxylation is 1. The van der Waals surface area contributed by atoms with Crippen molar-refractivity contribution in [3.63, 3.8) is 0 Å². The third-order valence-corrected chi connectivity index (χ3v) is 2.53. The molecule has 0 saturated carbocycles. The fraction of sp³-hybridized carbons (Fsp3) is 0.250. The first kappa shape index (κ1) is 9.93. The Morgan fingerprint density at radius 3 is 2.80 bits per heavy atom. The quantitative estimate of drug-likeness (QED) is 0.825. The maximum Gasteiger partial charge on any atom is 0.0685 e. The van der Waals surface area contributed by atoms with Crippen molar-refractivity contribution in [2.75, 3.05) is 0 Å². The lowest BCUT2D eigenvalue weighted by atomic mass is 10.0. The zero-order valence-electron chi connectivity index (χ0n) is 8.85. The minimum Gasteiger partial charge on any atom is -0.326 e. The highest BCUT2D eigenvalue weighted by Gasteiger charge is 2.07. The normalized spacial score (nSPS) is 10.5. The van der Waals surface area contributed by atoms with Gasteiger partial charge >= 0.3 is 0 Å². The van der Waals surface area contributed by atoms with Crippen LogP contribution in [0.5, 0.6) is 0 Å². The highest BCUT2D eigenvalue weighted by Crippen LogP contribution is 2.22. The van der Waals surface area contributed by atoms with Crippen molar-refractivity contribution in [2.45, 2.75) is 20.0 Å². The van der Waals surface area contributed by atoms with Crippen molar-refractivity contribution < 1.29 is 0 Å². The van der Waals surface area contributed by atoms with E-state index >= 15 is 0 Å². The fourth-order valence-corrected chi connectivity index (χ4v) is 1.76. The van der Waals surface area contributed by atoms with E-state index in [0.29, 0.717) is 6.54 Å². The van der Waals surface area contributed by atoms with Gasteiger partial charge in [0.05, 0.1) is 5.69 Å². The first-order valence-electron chi connectivity index (χ1n) is 5.17. The molecule has 0 fully saturated rings. The standard InChI is InChI=1S/C12H15N3/c1-2-15-12(7-8-14-15)11-6-4-3-5-10(11)9-13/h3-8H,2,9,13H2,1H3. The molecule has 3 nitrogen and oxygen atoms in total. The highest BCUT2D eigenvalue weighted by molar-refractivity contribution is 5.63. The maximum atomic E-state index is 5.72. The smallest absolute Gasteiger partial charge is 0.0685 e. The molecule has 1 aromatic carbocycles. The van der Waals surface area contributed by atoms with Gasteiger partial charge in [0.2, 0.25) is 0 Å². The van der Waals surface area contributed by atoms with Crippen LogP contribution < -0.4 is 5.73 Å². The number of nitrogens with zero attached hydrogens (tertiary/aromatic N) is 2. The van der Waals surface area contributed by atoms with Crippen LogP contribution in [0.1, 0.15) is 12.5 Å². The monoisotopic (exact) mass is 201 g/mol. The number of hydrogen-bond donors (Lipinski definition) is 1. The number of aromatic nitrogens is 2. The van der Waals surface area contributed by atoms with Crippen LogP contribution in [0.4, 0.5) is 0 Å². The SMILES string of the molecule is CCn1nccc1-c1ccccc1CN. The zero-order chi connectivity index (χ0) is 10.7. The lowest BCUT2D eigenvalue weighted by Gasteiger charge is -2.08. The van der Waals surface area contributed by atoms with Gasteiger partial charge in [0, 0.05) is 24.8 Å². The van der Waals surface area contributed by atoms with Gasteiger partial charge in [-0.25, -0.2) is 0 Å². The van der Waals surface area contributed by atoms with Gasteiger partial charge in [0.15, 0.2) is 0 Å². The Balaban J connectivity index is 2.53. The second kappa shape index (κ2) is 4.28. The molecule has 0 saturated heterocycles. The van der Waals surface area contributed by atoms with E-state index in [1.165, 1.54) is 5.56 Å². The molecule has 0 atom stereocenters. The van der Waals surface area contributed by atoms with Crippen LogP contribution in [-0.4, -0.2) is 9.78 Å². The summed E-state index contributed by atoms with van der Waals surface area (Å²) in [6.45, 7) is 3.52. The van der Waals surface area contributed by atoms with Crippen LogP contribution in [-0.2, 0) is 13.1 Å². The summed E-state index contributed by atoms with van der Waals surface area (Å²) in [4.78, 5) is 0. The second-order valence-corrected chi connectivity index (χ2v) is 3.39. The predicted molar refractivity (Wildman–Crippen MR) is 61.2 cm³/mol. The molecule has 0 amide bonds. The van der Waals surface area contributed by atoms with Crippen LogP contribution in [0.2, 0.25) is 0 Å². The molecular formula is C12H15N3. The minimum atomic E-state index is 0.561. The highest BCUT2D eigenvalue weighted by atomic mass is 15.3. The van der Waals surface area contributed by atoms with Gasteiger partial charge < -0.3 is 5.73 Å². The summed E-state index contributed by atoms with van der Waals surface area (Å²) in [7, 11) is 0. The Labute approximate surface area is 89.5 Å². The van der Waals surface area contributed by atoms with Gasteiger partial charge in [-0.05, 0) is 18.6 Å². The molecule has 0 spiro atoms. The van der Waals surface area contributed by atoms with Crippen LogP contribution >= 0.6 is 0 Å². The van der Waals surface area contributed by atoms with Gasteiger partial charge in [-0.2, -0.15) is 5.10 Å². The molecule has 0 bridgehead atoms. The molecule has 15 heavy (non-hydrogen) atoms. The van der Waals surface area contributed by atoms with E-state index in [-0.39, 0.29) is 0 Å². The van der Waals surface area contributed by atoms with Gasteiger partial charge in [-0.1, -0.05) is 24.3 Å². The number of rotatable bonds is 3. The summed E-state index contributed by atoms with van der Waals surface area (Å²) in [6, 6.07) is 10.2. The number of nitrogens with two attached hydrogens (primary N) is 1. The zero-order valence-corrected chi connectivity index (χ0v) is 8.85. The van der Waals surface area contributed by atoms with Crippen molar-refractivity contribution in [2.24, 2.45) is 5.73 Å². The third kappa shape index (κ3) is 1.78. The molecule has 0 aliphatic rings. The van der Waals surface area contributed by atoms with Crippen LogP contribution in [0.15, 0.2) is 36.5 Å². The van der Waals surface area contributed by atoms with Gasteiger partial charge in [-0.15, -0.1) is 0 Å². The molecule has 1 aromatic heterocycles. The van der Waals surface area contributed by atoms with Crippen molar-refractivity contribution in [1.29, 1.82) is 0 Å². The fourth-order valence-electron chi connectivity index (χ4n) is 1.76. The van der Waals surface area contributed by atoms with E-state index in [2.05, 4.69) is 24.2 Å². The number of hydrogen-bond acceptors (Lipinski definition) is 2. The summed E-state index contributed by atoms with van der Waals surface area (Å²) >= 11 is 0. The molecule has 0 aliphatic heterocycles. The van der Waals surface area contributed by atoms with Crippen LogP contribution in [0.3, 0.4) is 0 Å².